The summed E-state index contributed by atoms with van der Waals surface area (Å²) in [4.78, 5) is 25.9. The van der Waals surface area contributed by atoms with Crippen molar-refractivity contribution in [2.24, 2.45) is 0 Å². The van der Waals surface area contributed by atoms with Gasteiger partial charge in [0.25, 0.3) is 0 Å². The molecule has 0 atom stereocenters. The number of nitrogens with one attached hydrogen (secondary N) is 1. The molecular formula is C19H21ClN2O4. The molecule has 138 valence electrons. The number of methoxy groups -OCH3 is 2. The Hall–Kier alpha value is -2.73. The Morgan fingerprint density at radius 1 is 1.15 bits per heavy atom. The van der Waals surface area contributed by atoms with Crippen molar-refractivity contribution in [2.75, 3.05) is 31.0 Å². The van der Waals surface area contributed by atoms with Crippen LogP contribution in [0.15, 0.2) is 36.4 Å². The quantitative estimate of drug-likeness (QED) is 0.835. The Kier molecular flexibility index (Phi) is 6.46. The van der Waals surface area contributed by atoms with Crippen LogP contribution in [0.2, 0.25) is 5.02 Å². The van der Waals surface area contributed by atoms with Gasteiger partial charge in [0.05, 0.1) is 19.9 Å². The Morgan fingerprint density at radius 3 is 2.50 bits per heavy atom. The lowest BCUT2D eigenvalue weighted by molar-refractivity contribution is -0.120. The molecule has 0 saturated carbocycles. The van der Waals surface area contributed by atoms with E-state index in [4.69, 9.17) is 21.1 Å². The number of carbonyl (C=O) groups excluding carboxylic acids is 2. The summed E-state index contributed by atoms with van der Waals surface area (Å²) >= 11 is 6.07. The van der Waals surface area contributed by atoms with Crippen LogP contribution in [0.1, 0.15) is 12.5 Å². The van der Waals surface area contributed by atoms with E-state index < -0.39 is 0 Å². The van der Waals surface area contributed by atoms with Crippen molar-refractivity contribution in [2.45, 2.75) is 13.8 Å². The number of benzene rings is 2. The highest BCUT2D eigenvalue weighted by molar-refractivity contribution is 6.31. The Morgan fingerprint density at radius 2 is 1.88 bits per heavy atom. The molecule has 0 aliphatic heterocycles. The number of hydrogen-bond acceptors (Lipinski definition) is 4. The van der Waals surface area contributed by atoms with Gasteiger partial charge in [-0.3, -0.25) is 14.5 Å². The fourth-order valence-corrected chi connectivity index (χ4v) is 2.62. The molecule has 0 aliphatic rings. The van der Waals surface area contributed by atoms with Crippen LogP contribution in [-0.4, -0.2) is 32.6 Å². The number of ether oxygens (including phenoxy) is 2. The molecule has 0 spiro atoms. The van der Waals surface area contributed by atoms with Crippen molar-refractivity contribution >= 4 is 34.8 Å². The van der Waals surface area contributed by atoms with E-state index in [1.54, 1.807) is 36.4 Å². The fourth-order valence-electron chi connectivity index (χ4n) is 2.45. The van der Waals surface area contributed by atoms with Crippen LogP contribution < -0.4 is 19.7 Å². The summed E-state index contributed by atoms with van der Waals surface area (Å²) in [6.07, 6.45) is 0. The first-order valence-corrected chi connectivity index (χ1v) is 8.30. The fraction of sp³-hybridized carbons (Fsp3) is 0.263. The van der Waals surface area contributed by atoms with Gasteiger partial charge in [0, 0.05) is 23.7 Å². The molecule has 2 rings (SSSR count). The van der Waals surface area contributed by atoms with Crippen LogP contribution >= 0.6 is 11.6 Å². The van der Waals surface area contributed by atoms with Crippen molar-refractivity contribution in [1.82, 2.24) is 0 Å². The molecule has 2 amide bonds. The van der Waals surface area contributed by atoms with E-state index in [1.807, 2.05) is 6.92 Å². The summed E-state index contributed by atoms with van der Waals surface area (Å²) in [5, 5.41) is 3.34. The second kappa shape index (κ2) is 8.58. The molecule has 0 aliphatic carbocycles. The molecule has 26 heavy (non-hydrogen) atoms. The molecule has 6 nitrogen and oxygen atoms in total. The minimum Gasteiger partial charge on any atom is -0.497 e. The standard InChI is InChI=1S/C19H21ClN2O4/c1-12-15(20)6-5-7-16(12)21-19(24)11-22(13(2)23)17-9-8-14(25-3)10-18(17)26-4/h5-10H,11H2,1-4H3,(H,21,24). The van der Waals surface area contributed by atoms with Gasteiger partial charge in [0.15, 0.2) is 0 Å². The summed E-state index contributed by atoms with van der Waals surface area (Å²) in [5.41, 5.74) is 1.85. The van der Waals surface area contributed by atoms with E-state index in [2.05, 4.69) is 5.32 Å². The summed E-state index contributed by atoms with van der Waals surface area (Å²) < 4.78 is 10.5. The van der Waals surface area contributed by atoms with Gasteiger partial charge >= 0.3 is 0 Å². The van der Waals surface area contributed by atoms with Gasteiger partial charge in [0.2, 0.25) is 11.8 Å². The first kappa shape index (κ1) is 19.6. The Labute approximate surface area is 157 Å². The molecular weight excluding hydrogens is 356 g/mol. The largest absolute Gasteiger partial charge is 0.497 e. The van der Waals surface area contributed by atoms with E-state index in [1.165, 1.54) is 26.0 Å². The number of hydrogen-bond donors (Lipinski definition) is 1. The van der Waals surface area contributed by atoms with Gasteiger partial charge in [-0.25, -0.2) is 0 Å². The molecule has 0 fully saturated rings. The first-order valence-electron chi connectivity index (χ1n) is 7.92. The lowest BCUT2D eigenvalue weighted by Gasteiger charge is -2.23. The summed E-state index contributed by atoms with van der Waals surface area (Å²) in [7, 11) is 3.03. The Bertz CT molecular complexity index is 823. The van der Waals surface area contributed by atoms with E-state index >= 15 is 0 Å². The SMILES string of the molecule is COc1ccc(N(CC(=O)Nc2cccc(Cl)c2C)C(C)=O)c(OC)c1. The summed E-state index contributed by atoms with van der Waals surface area (Å²) in [6, 6.07) is 10.3. The topological polar surface area (TPSA) is 67.9 Å². The van der Waals surface area contributed by atoms with Crippen LogP contribution in [0.5, 0.6) is 11.5 Å². The monoisotopic (exact) mass is 376 g/mol. The minimum absolute atomic E-state index is 0.163. The van der Waals surface area contributed by atoms with Gasteiger partial charge in [-0.2, -0.15) is 0 Å². The lowest BCUT2D eigenvalue weighted by Crippen LogP contribution is -2.37. The number of amides is 2. The van der Waals surface area contributed by atoms with Gasteiger partial charge in [0.1, 0.15) is 18.0 Å². The Balaban J connectivity index is 2.24. The van der Waals surface area contributed by atoms with Crippen LogP contribution in [0.3, 0.4) is 0 Å². The van der Waals surface area contributed by atoms with Crippen molar-refractivity contribution in [3.05, 3.63) is 47.0 Å². The molecule has 0 radical (unpaired) electrons. The third-order valence-corrected chi connectivity index (χ3v) is 4.31. The van der Waals surface area contributed by atoms with Gasteiger partial charge in [-0.15, -0.1) is 0 Å². The average Bonchev–Trinajstić information content (AvgIpc) is 2.63. The maximum Gasteiger partial charge on any atom is 0.244 e. The highest BCUT2D eigenvalue weighted by Gasteiger charge is 2.20. The van der Waals surface area contributed by atoms with Crippen LogP contribution in [-0.2, 0) is 9.59 Å². The summed E-state index contributed by atoms with van der Waals surface area (Å²) in [6.45, 7) is 3.04. The lowest BCUT2D eigenvalue weighted by atomic mass is 10.2. The third kappa shape index (κ3) is 4.46. The minimum atomic E-state index is -0.344. The molecule has 0 bridgehead atoms. The van der Waals surface area contributed by atoms with Crippen molar-refractivity contribution in [1.29, 1.82) is 0 Å². The number of rotatable bonds is 6. The highest BCUT2D eigenvalue weighted by atomic mass is 35.5. The third-order valence-electron chi connectivity index (χ3n) is 3.90. The van der Waals surface area contributed by atoms with Crippen LogP contribution in [0.25, 0.3) is 0 Å². The molecule has 1 N–H and O–H groups in total. The van der Waals surface area contributed by atoms with Crippen LogP contribution in [0.4, 0.5) is 11.4 Å². The van der Waals surface area contributed by atoms with Crippen molar-refractivity contribution < 1.29 is 19.1 Å². The number of anilines is 2. The predicted octanol–water partition coefficient (Wildman–Crippen LogP) is 3.66. The molecule has 0 saturated heterocycles. The zero-order chi connectivity index (χ0) is 19.3. The van der Waals surface area contributed by atoms with Gasteiger partial charge in [-0.1, -0.05) is 17.7 Å². The summed E-state index contributed by atoms with van der Waals surface area (Å²) in [5.74, 6) is 0.397. The molecule has 0 unspecified atom stereocenters. The van der Waals surface area contributed by atoms with E-state index in [9.17, 15) is 9.59 Å². The maximum atomic E-state index is 12.5. The normalized spacial score (nSPS) is 10.2. The van der Waals surface area contributed by atoms with Crippen molar-refractivity contribution in [3.63, 3.8) is 0 Å². The zero-order valence-electron chi connectivity index (χ0n) is 15.1. The molecule has 2 aromatic rings. The predicted molar refractivity (Wildman–Crippen MR) is 102 cm³/mol. The van der Waals surface area contributed by atoms with Gasteiger partial charge in [-0.05, 0) is 36.8 Å². The number of halogens is 1. The zero-order valence-corrected chi connectivity index (χ0v) is 15.9. The number of carbonyl (C=O) groups is 2. The van der Waals surface area contributed by atoms with Crippen molar-refractivity contribution in [3.8, 4) is 11.5 Å². The van der Waals surface area contributed by atoms with E-state index in [-0.39, 0.29) is 18.4 Å². The molecule has 2 aromatic carbocycles. The number of nitrogens with zero attached hydrogens (tertiary/aromatic N) is 1. The molecule has 0 heterocycles. The maximum absolute atomic E-state index is 12.5. The van der Waals surface area contributed by atoms with Crippen LogP contribution in [0, 0.1) is 6.92 Å². The average molecular weight is 377 g/mol. The van der Waals surface area contributed by atoms with E-state index in [0.717, 1.165) is 5.56 Å². The van der Waals surface area contributed by atoms with Gasteiger partial charge < -0.3 is 14.8 Å². The smallest absolute Gasteiger partial charge is 0.244 e. The first-order chi connectivity index (χ1) is 12.4. The highest BCUT2D eigenvalue weighted by Crippen LogP contribution is 2.32. The second-order valence-corrected chi connectivity index (χ2v) is 6.01. The molecule has 7 heteroatoms. The second-order valence-electron chi connectivity index (χ2n) is 5.60. The van der Waals surface area contributed by atoms with E-state index in [0.29, 0.717) is 27.9 Å². The molecule has 0 aromatic heterocycles.